The second-order valence-corrected chi connectivity index (χ2v) is 9.09. The van der Waals surface area contributed by atoms with E-state index in [4.69, 9.17) is 4.74 Å². The van der Waals surface area contributed by atoms with Crippen LogP contribution in [0.2, 0.25) is 0 Å². The summed E-state index contributed by atoms with van der Waals surface area (Å²) in [7, 11) is -3.67. The number of benzene rings is 2. The molecular formula is C19H23NO3S. The molecule has 0 amide bonds. The van der Waals surface area contributed by atoms with Crippen LogP contribution in [0.1, 0.15) is 26.3 Å². The van der Waals surface area contributed by atoms with E-state index < -0.39 is 10.0 Å². The molecule has 3 rings (SSSR count). The van der Waals surface area contributed by atoms with Crippen LogP contribution >= 0.6 is 0 Å². The first-order chi connectivity index (χ1) is 11.2. The number of sulfonamides is 1. The Morgan fingerprint density at radius 3 is 2.29 bits per heavy atom. The van der Waals surface area contributed by atoms with Crippen LogP contribution in [0.3, 0.4) is 0 Å². The normalized spacial score (nSPS) is 18.0. The zero-order chi connectivity index (χ0) is 17.5. The molecule has 0 unspecified atom stereocenters. The maximum absolute atomic E-state index is 13.4. The van der Waals surface area contributed by atoms with Crippen LogP contribution in [0.4, 0.5) is 5.69 Å². The smallest absolute Gasteiger partial charge is 0.264 e. The predicted octanol–water partition coefficient (Wildman–Crippen LogP) is 4.00. The quantitative estimate of drug-likeness (QED) is 0.826. The van der Waals surface area contributed by atoms with Crippen molar-refractivity contribution in [3.63, 3.8) is 0 Å². The van der Waals surface area contributed by atoms with E-state index in [9.17, 15) is 8.42 Å². The van der Waals surface area contributed by atoms with E-state index >= 15 is 0 Å². The van der Waals surface area contributed by atoms with E-state index in [1.807, 2.05) is 58.0 Å². The number of nitrogens with zero attached hydrogens (tertiary/aromatic N) is 1. The molecule has 1 atom stereocenters. The molecular weight excluding hydrogens is 322 g/mol. The maximum atomic E-state index is 13.4. The van der Waals surface area contributed by atoms with Gasteiger partial charge in [0.05, 0.1) is 16.6 Å². The van der Waals surface area contributed by atoms with Crippen molar-refractivity contribution in [2.45, 2.75) is 38.6 Å². The van der Waals surface area contributed by atoms with Gasteiger partial charge in [0.1, 0.15) is 12.4 Å². The molecule has 1 heterocycles. The van der Waals surface area contributed by atoms with E-state index in [0.717, 1.165) is 5.56 Å². The number of hydrogen-bond acceptors (Lipinski definition) is 3. The minimum Gasteiger partial charge on any atom is -0.489 e. The van der Waals surface area contributed by atoms with Gasteiger partial charge in [-0.25, -0.2) is 8.42 Å². The molecule has 2 aromatic carbocycles. The molecule has 5 heteroatoms. The molecule has 0 aliphatic carbocycles. The van der Waals surface area contributed by atoms with E-state index in [1.54, 1.807) is 18.2 Å². The summed E-state index contributed by atoms with van der Waals surface area (Å²) >= 11 is 0. The van der Waals surface area contributed by atoms with Crippen LogP contribution in [-0.4, -0.2) is 21.1 Å². The average Bonchev–Trinajstić information content (AvgIpc) is 2.53. The van der Waals surface area contributed by atoms with Crippen molar-refractivity contribution >= 4 is 15.7 Å². The van der Waals surface area contributed by atoms with Gasteiger partial charge >= 0.3 is 0 Å². The van der Waals surface area contributed by atoms with Crippen LogP contribution in [0.5, 0.6) is 5.75 Å². The lowest BCUT2D eigenvalue weighted by Gasteiger charge is -2.43. The van der Waals surface area contributed by atoms with Crippen LogP contribution in [0, 0.1) is 12.3 Å². The highest BCUT2D eigenvalue weighted by atomic mass is 32.2. The zero-order valence-electron chi connectivity index (χ0n) is 14.5. The second kappa shape index (κ2) is 5.81. The molecule has 2 aromatic rings. The summed E-state index contributed by atoms with van der Waals surface area (Å²) < 4.78 is 34.2. The van der Waals surface area contributed by atoms with E-state index in [0.29, 0.717) is 22.9 Å². The van der Waals surface area contributed by atoms with Gasteiger partial charge in [-0.05, 0) is 36.6 Å². The van der Waals surface area contributed by atoms with Gasteiger partial charge < -0.3 is 4.74 Å². The lowest BCUT2D eigenvalue weighted by Crippen LogP contribution is -2.53. The van der Waals surface area contributed by atoms with Crippen molar-refractivity contribution < 1.29 is 13.2 Å². The minimum absolute atomic E-state index is 0.259. The minimum atomic E-state index is -3.67. The van der Waals surface area contributed by atoms with Crippen LogP contribution < -0.4 is 9.04 Å². The fourth-order valence-electron chi connectivity index (χ4n) is 2.89. The summed E-state index contributed by atoms with van der Waals surface area (Å²) in [5.41, 5.74) is 1.37. The number of anilines is 1. The Hall–Kier alpha value is -2.01. The van der Waals surface area contributed by atoms with Gasteiger partial charge in [0.25, 0.3) is 10.0 Å². The van der Waals surface area contributed by atoms with Crippen molar-refractivity contribution in [2.24, 2.45) is 5.41 Å². The number of fused-ring (bicyclic) bond motifs is 1. The summed E-state index contributed by atoms with van der Waals surface area (Å²) in [6, 6.07) is 14.0. The lowest BCUT2D eigenvalue weighted by molar-refractivity contribution is 0.193. The molecule has 4 nitrogen and oxygen atoms in total. The Balaban J connectivity index is 2.18. The Morgan fingerprint density at radius 2 is 1.67 bits per heavy atom. The van der Waals surface area contributed by atoms with Crippen LogP contribution in [-0.2, 0) is 10.0 Å². The summed E-state index contributed by atoms with van der Waals surface area (Å²) in [4.78, 5) is 0.305. The maximum Gasteiger partial charge on any atom is 0.264 e. The molecule has 0 N–H and O–H groups in total. The topological polar surface area (TPSA) is 46.6 Å². The second-order valence-electron chi connectivity index (χ2n) is 7.27. The largest absolute Gasteiger partial charge is 0.489 e. The number of ether oxygens (including phenoxy) is 1. The molecule has 0 aromatic heterocycles. The molecule has 0 fully saturated rings. The zero-order valence-corrected chi connectivity index (χ0v) is 15.3. The first-order valence-corrected chi connectivity index (χ1v) is 9.48. The fourth-order valence-corrected chi connectivity index (χ4v) is 4.72. The molecule has 128 valence electrons. The van der Waals surface area contributed by atoms with E-state index in [1.165, 1.54) is 4.31 Å². The molecule has 0 saturated heterocycles. The highest BCUT2D eigenvalue weighted by Gasteiger charge is 2.42. The van der Waals surface area contributed by atoms with Crippen molar-refractivity contribution in [2.75, 3.05) is 10.9 Å². The van der Waals surface area contributed by atoms with Gasteiger partial charge in [-0.15, -0.1) is 0 Å². The summed E-state index contributed by atoms with van der Waals surface area (Å²) in [5, 5.41) is 0. The summed E-state index contributed by atoms with van der Waals surface area (Å²) in [6.45, 7) is 8.38. The summed E-state index contributed by atoms with van der Waals surface area (Å²) in [6.07, 6.45) is 0. The van der Waals surface area contributed by atoms with Gasteiger partial charge in [0.2, 0.25) is 0 Å². The number of rotatable bonds is 2. The Kier molecular flexibility index (Phi) is 4.08. The highest BCUT2D eigenvalue weighted by molar-refractivity contribution is 7.92. The Bertz CT molecular complexity index is 836. The van der Waals surface area contributed by atoms with Crippen molar-refractivity contribution in [1.82, 2.24) is 0 Å². The van der Waals surface area contributed by atoms with Crippen molar-refractivity contribution in [3.05, 3.63) is 54.1 Å². The molecule has 0 bridgehead atoms. The van der Waals surface area contributed by atoms with Gasteiger partial charge in [0.15, 0.2) is 0 Å². The molecule has 1 aliphatic heterocycles. The SMILES string of the molecule is Cc1ccc(S(=O)(=O)N2c3ccccc3OC[C@H]2C(C)(C)C)cc1. The van der Waals surface area contributed by atoms with Gasteiger partial charge in [0, 0.05) is 0 Å². The third-order valence-electron chi connectivity index (χ3n) is 4.36. The third kappa shape index (κ3) is 2.88. The lowest BCUT2D eigenvalue weighted by atomic mass is 9.86. The number of hydrogen-bond donors (Lipinski definition) is 0. The van der Waals surface area contributed by atoms with Crippen LogP contribution in [0.15, 0.2) is 53.4 Å². The van der Waals surface area contributed by atoms with Gasteiger partial charge in [-0.3, -0.25) is 4.31 Å². The van der Waals surface area contributed by atoms with Crippen molar-refractivity contribution in [3.8, 4) is 5.75 Å². The van der Waals surface area contributed by atoms with E-state index in [2.05, 4.69) is 0 Å². The third-order valence-corrected chi connectivity index (χ3v) is 6.20. The molecule has 24 heavy (non-hydrogen) atoms. The molecule has 1 aliphatic rings. The monoisotopic (exact) mass is 345 g/mol. The van der Waals surface area contributed by atoms with Crippen LogP contribution in [0.25, 0.3) is 0 Å². The fraction of sp³-hybridized carbons (Fsp3) is 0.368. The standard InChI is InChI=1S/C19H23NO3S/c1-14-9-11-15(12-10-14)24(21,22)20-16-7-5-6-8-17(16)23-13-18(20)19(2,3)4/h5-12,18H,13H2,1-4H3/t18-/m0/s1. The van der Waals surface area contributed by atoms with Crippen molar-refractivity contribution in [1.29, 1.82) is 0 Å². The first-order valence-electron chi connectivity index (χ1n) is 8.04. The van der Waals surface area contributed by atoms with Gasteiger partial charge in [-0.1, -0.05) is 50.6 Å². The first kappa shape index (κ1) is 16.8. The molecule has 0 spiro atoms. The van der Waals surface area contributed by atoms with Gasteiger partial charge in [-0.2, -0.15) is 0 Å². The van der Waals surface area contributed by atoms with E-state index in [-0.39, 0.29) is 11.5 Å². The highest BCUT2D eigenvalue weighted by Crippen LogP contribution is 2.42. The Morgan fingerprint density at radius 1 is 1.04 bits per heavy atom. The summed E-state index contributed by atoms with van der Waals surface area (Å²) in [5.74, 6) is 0.605. The average molecular weight is 345 g/mol. The molecule has 0 radical (unpaired) electrons. The molecule has 0 saturated carbocycles. The Labute approximate surface area is 144 Å². The number of para-hydroxylation sites is 2. The predicted molar refractivity (Wildman–Crippen MR) is 96.0 cm³/mol. The number of aryl methyl sites for hydroxylation is 1.